The van der Waals surface area contributed by atoms with E-state index in [1.54, 1.807) is 43.6 Å². The molecule has 1 atom stereocenters. The van der Waals surface area contributed by atoms with Crippen LogP contribution in [0.1, 0.15) is 17.8 Å². The first-order valence-corrected chi connectivity index (χ1v) is 10.1. The molecule has 2 aromatic heterocycles. The van der Waals surface area contributed by atoms with Crippen molar-refractivity contribution in [2.75, 3.05) is 19.6 Å². The first kappa shape index (κ1) is 20.5. The van der Waals surface area contributed by atoms with E-state index in [9.17, 15) is 8.42 Å². The molecule has 0 aliphatic carbocycles. The fourth-order valence-electron chi connectivity index (χ4n) is 3.32. The molecule has 0 amide bonds. The average molecular weight is 424 g/mol. The van der Waals surface area contributed by atoms with Gasteiger partial charge in [0.1, 0.15) is 17.8 Å². The van der Waals surface area contributed by atoms with Gasteiger partial charge in [-0.15, -0.1) is 12.4 Å². The zero-order valence-corrected chi connectivity index (χ0v) is 17.2. The van der Waals surface area contributed by atoms with Crippen molar-refractivity contribution in [1.29, 1.82) is 0 Å². The number of imidazole rings is 1. The zero-order chi connectivity index (χ0) is 19.0. The SMILES string of the molecule is Cc1nc(-c2ccc(S(=O)(=O)N3CCNCC3c3nccn3C)cc2)co1.Cl. The molecular formula is C18H22ClN5O3S. The lowest BCUT2D eigenvalue weighted by atomic mass is 10.2. The van der Waals surface area contributed by atoms with Crippen LogP contribution in [0, 0.1) is 6.92 Å². The lowest BCUT2D eigenvalue weighted by molar-refractivity contribution is 0.258. The van der Waals surface area contributed by atoms with E-state index >= 15 is 0 Å². The Morgan fingerprint density at radius 2 is 2.00 bits per heavy atom. The minimum Gasteiger partial charge on any atom is -0.449 e. The largest absolute Gasteiger partial charge is 0.449 e. The summed E-state index contributed by atoms with van der Waals surface area (Å²) in [5.41, 5.74) is 1.50. The Labute approximate surface area is 170 Å². The van der Waals surface area contributed by atoms with E-state index in [2.05, 4.69) is 15.3 Å². The van der Waals surface area contributed by atoms with Crippen LogP contribution in [0.2, 0.25) is 0 Å². The fraction of sp³-hybridized carbons (Fsp3) is 0.333. The minimum atomic E-state index is -3.65. The van der Waals surface area contributed by atoms with Crippen molar-refractivity contribution in [2.45, 2.75) is 17.9 Å². The third-order valence-corrected chi connectivity index (χ3v) is 6.65. The summed E-state index contributed by atoms with van der Waals surface area (Å²) in [6, 6.07) is 6.39. The van der Waals surface area contributed by atoms with Gasteiger partial charge in [0.15, 0.2) is 5.89 Å². The van der Waals surface area contributed by atoms with Crippen molar-refractivity contribution < 1.29 is 12.8 Å². The van der Waals surface area contributed by atoms with Crippen molar-refractivity contribution in [3.8, 4) is 11.3 Å². The van der Waals surface area contributed by atoms with E-state index in [0.717, 1.165) is 11.4 Å². The Kier molecular flexibility index (Phi) is 5.90. The van der Waals surface area contributed by atoms with E-state index in [4.69, 9.17) is 4.42 Å². The summed E-state index contributed by atoms with van der Waals surface area (Å²) in [6.07, 6.45) is 5.07. The number of hydrogen-bond acceptors (Lipinski definition) is 6. The quantitative estimate of drug-likeness (QED) is 0.691. The van der Waals surface area contributed by atoms with Crippen LogP contribution < -0.4 is 5.32 Å². The highest BCUT2D eigenvalue weighted by atomic mass is 35.5. The number of oxazole rings is 1. The first-order chi connectivity index (χ1) is 13.0. The summed E-state index contributed by atoms with van der Waals surface area (Å²) in [5, 5.41) is 3.26. The molecule has 4 rings (SSSR count). The maximum atomic E-state index is 13.3. The van der Waals surface area contributed by atoms with E-state index in [0.29, 0.717) is 31.2 Å². The van der Waals surface area contributed by atoms with Crippen molar-refractivity contribution >= 4 is 22.4 Å². The predicted molar refractivity (Wildman–Crippen MR) is 107 cm³/mol. The summed E-state index contributed by atoms with van der Waals surface area (Å²) in [7, 11) is -1.78. The van der Waals surface area contributed by atoms with E-state index in [1.807, 2.05) is 17.8 Å². The van der Waals surface area contributed by atoms with Gasteiger partial charge in [-0.05, 0) is 12.1 Å². The number of halogens is 1. The van der Waals surface area contributed by atoms with Crippen LogP contribution in [0.3, 0.4) is 0 Å². The van der Waals surface area contributed by atoms with Gasteiger partial charge in [-0.1, -0.05) is 12.1 Å². The van der Waals surface area contributed by atoms with Gasteiger partial charge >= 0.3 is 0 Å². The molecule has 3 aromatic rings. The second-order valence-corrected chi connectivity index (χ2v) is 8.40. The fourth-order valence-corrected chi connectivity index (χ4v) is 4.91. The third-order valence-electron chi connectivity index (χ3n) is 4.73. The molecule has 1 N–H and O–H groups in total. The highest BCUT2D eigenvalue weighted by Crippen LogP contribution is 2.29. The lowest BCUT2D eigenvalue weighted by Gasteiger charge is -2.34. The van der Waals surface area contributed by atoms with Crippen LogP contribution in [0.25, 0.3) is 11.3 Å². The van der Waals surface area contributed by atoms with Gasteiger partial charge in [0.05, 0.1) is 10.9 Å². The summed E-state index contributed by atoms with van der Waals surface area (Å²) in [4.78, 5) is 8.88. The second kappa shape index (κ2) is 8.04. The Hall–Kier alpha value is -2.20. The maximum absolute atomic E-state index is 13.3. The monoisotopic (exact) mass is 423 g/mol. The van der Waals surface area contributed by atoms with E-state index in [-0.39, 0.29) is 23.3 Å². The van der Waals surface area contributed by atoms with Crippen molar-refractivity contribution in [3.63, 3.8) is 0 Å². The molecular weight excluding hydrogens is 402 g/mol. The van der Waals surface area contributed by atoms with Crippen molar-refractivity contribution in [1.82, 2.24) is 24.2 Å². The summed E-state index contributed by atoms with van der Waals surface area (Å²) < 4.78 is 35.2. The number of piperazine rings is 1. The topological polar surface area (TPSA) is 93.3 Å². The van der Waals surface area contributed by atoms with Gasteiger partial charge in [0.2, 0.25) is 10.0 Å². The lowest BCUT2D eigenvalue weighted by Crippen LogP contribution is -2.49. The van der Waals surface area contributed by atoms with Crippen LogP contribution in [0.5, 0.6) is 0 Å². The summed E-state index contributed by atoms with van der Waals surface area (Å²) in [6.45, 7) is 3.30. The van der Waals surface area contributed by atoms with Gasteiger partial charge in [-0.2, -0.15) is 4.31 Å². The van der Waals surface area contributed by atoms with Crippen LogP contribution in [0.4, 0.5) is 0 Å². The molecule has 1 aromatic carbocycles. The Bertz CT molecular complexity index is 1050. The molecule has 150 valence electrons. The highest BCUT2D eigenvalue weighted by Gasteiger charge is 2.36. The zero-order valence-electron chi connectivity index (χ0n) is 15.6. The summed E-state index contributed by atoms with van der Waals surface area (Å²) >= 11 is 0. The number of hydrogen-bond donors (Lipinski definition) is 1. The molecule has 1 aliphatic heterocycles. The van der Waals surface area contributed by atoms with Gasteiger partial charge in [0, 0.05) is 51.6 Å². The smallest absolute Gasteiger partial charge is 0.243 e. The van der Waals surface area contributed by atoms with Crippen LogP contribution in [0.15, 0.2) is 52.2 Å². The van der Waals surface area contributed by atoms with Gasteiger partial charge in [-0.3, -0.25) is 0 Å². The number of nitrogens with one attached hydrogen (secondary N) is 1. The van der Waals surface area contributed by atoms with E-state index in [1.165, 1.54) is 4.31 Å². The Morgan fingerprint density at radius 3 is 2.61 bits per heavy atom. The number of benzene rings is 1. The number of rotatable bonds is 4. The highest BCUT2D eigenvalue weighted by molar-refractivity contribution is 7.89. The molecule has 0 bridgehead atoms. The standard InChI is InChI=1S/C18H21N5O3S.ClH/c1-13-21-16(12-26-13)14-3-5-15(6-4-14)27(24,25)23-10-7-19-11-17(23)18-20-8-9-22(18)2;/h3-6,8-9,12,17,19H,7,10-11H2,1-2H3;1H. The third kappa shape index (κ3) is 3.70. The number of aromatic nitrogens is 3. The number of aryl methyl sites for hydroxylation is 2. The number of nitrogens with zero attached hydrogens (tertiary/aromatic N) is 4. The molecule has 0 spiro atoms. The van der Waals surface area contributed by atoms with Crippen LogP contribution in [-0.2, 0) is 17.1 Å². The molecule has 1 fully saturated rings. The first-order valence-electron chi connectivity index (χ1n) is 8.69. The summed E-state index contributed by atoms with van der Waals surface area (Å²) in [5.74, 6) is 1.29. The molecule has 8 nitrogen and oxygen atoms in total. The van der Waals surface area contributed by atoms with E-state index < -0.39 is 10.0 Å². The molecule has 10 heteroatoms. The van der Waals surface area contributed by atoms with Gasteiger partial charge < -0.3 is 14.3 Å². The predicted octanol–water partition coefficient (Wildman–Crippen LogP) is 2.14. The van der Waals surface area contributed by atoms with Crippen LogP contribution in [-0.4, -0.2) is 46.9 Å². The molecule has 0 radical (unpaired) electrons. The molecule has 0 saturated carbocycles. The van der Waals surface area contributed by atoms with Crippen LogP contribution >= 0.6 is 12.4 Å². The minimum absolute atomic E-state index is 0. The molecule has 28 heavy (non-hydrogen) atoms. The molecule has 1 saturated heterocycles. The normalized spacial score (nSPS) is 18.0. The Balaban J connectivity index is 0.00000225. The second-order valence-electron chi connectivity index (χ2n) is 6.51. The van der Waals surface area contributed by atoms with Gasteiger partial charge in [0.25, 0.3) is 0 Å². The van der Waals surface area contributed by atoms with Crippen molar-refractivity contribution in [3.05, 3.63) is 54.6 Å². The maximum Gasteiger partial charge on any atom is 0.243 e. The average Bonchev–Trinajstić information content (AvgIpc) is 3.30. The Morgan fingerprint density at radius 1 is 1.25 bits per heavy atom. The molecule has 3 heterocycles. The number of sulfonamides is 1. The van der Waals surface area contributed by atoms with Crippen molar-refractivity contribution in [2.24, 2.45) is 7.05 Å². The molecule has 1 unspecified atom stereocenters. The van der Waals surface area contributed by atoms with Gasteiger partial charge in [-0.25, -0.2) is 18.4 Å². The molecule has 1 aliphatic rings.